The molecule has 2 N–H and O–H groups in total. The van der Waals surface area contributed by atoms with Crippen LogP contribution in [0.3, 0.4) is 0 Å². The second-order valence-corrected chi connectivity index (χ2v) is 6.68. The molecule has 2 heterocycles. The minimum Gasteiger partial charge on any atom is -0.492 e. The Morgan fingerprint density at radius 2 is 2.11 bits per heavy atom. The quantitative estimate of drug-likeness (QED) is 0.694. The Hall–Kier alpha value is -2.87. The van der Waals surface area contributed by atoms with Crippen molar-refractivity contribution in [1.82, 2.24) is 24.5 Å². The number of amides is 1. The van der Waals surface area contributed by atoms with Gasteiger partial charge in [0.2, 0.25) is 11.9 Å². The zero-order valence-corrected chi connectivity index (χ0v) is 16.2. The third-order valence-electron chi connectivity index (χ3n) is 4.31. The number of hydrogen-bond donors (Lipinski definition) is 1. The van der Waals surface area contributed by atoms with E-state index in [0.717, 1.165) is 17.0 Å². The van der Waals surface area contributed by atoms with Crippen LogP contribution in [-0.4, -0.2) is 50.6 Å². The standard InChI is InChI=1S/C18H21ClN6O2/c1-11-15(12(2)25-18(21-11)22-17(20)23-25)10-16(26)24(3)7-8-27-14-6-4-5-13(19)9-14/h4-6,9H,7-8,10H2,1-3H3,(H2,20,23). The van der Waals surface area contributed by atoms with Crippen LogP contribution >= 0.6 is 11.6 Å². The van der Waals surface area contributed by atoms with Gasteiger partial charge in [0.1, 0.15) is 12.4 Å². The highest BCUT2D eigenvalue weighted by Crippen LogP contribution is 2.17. The average Bonchev–Trinajstić information content (AvgIpc) is 2.98. The van der Waals surface area contributed by atoms with Crippen LogP contribution in [0.4, 0.5) is 5.95 Å². The van der Waals surface area contributed by atoms with Crippen molar-refractivity contribution in [2.75, 3.05) is 25.9 Å². The lowest BCUT2D eigenvalue weighted by atomic mass is 10.1. The third-order valence-corrected chi connectivity index (χ3v) is 4.55. The fourth-order valence-corrected chi connectivity index (χ4v) is 2.93. The number of nitrogen functional groups attached to an aromatic ring is 1. The van der Waals surface area contributed by atoms with Gasteiger partial charge in [-0.25, -0.2) is 4.98 Å². The molecule has 0 atom stereocenters. The van der Waals surface area contributed by atoms with E-state index in [1.807, 2.05) is 26.0 Å². The van der Waals surface area contributed by atoms with Crippen molar-refractivity contribution < 1.29 is 9.53 Å². The summed E-state index contributed by atoms with van der Waals surface area (Å²) in [4.78, 5) is 22.7. The summed E-state index contributed by atoms with van der Waals surface area (Å²) in [6, 6.07) is 7.16. The number of ether oxygens (including phenoxy) is 1. The van der Waals surface area contributed by atoms with Crippen LogP contribution in [0.2, 0.25) is 5.02 Å². The van der Waals surface area contributed by atoms with Gasteiger partial charge in [0.05, 0.1) is 13.0 Å². The lowest BCUT2D eigenvalue weighted by molar-refractivity contribution is -0.129. The third kappa shape index (κ3) is 4.28. The van der Waals surface area contributed by atoms with E-state index in [-0.39, 0.29) is 18.3 Å². The largest absolute Gasteiger partial charge is 0.492 e. The van der Waals surface area contributed by atoms with E-state index in [4.69, 9.17) is 22.1 Å². The molecule has 0 aliphatic heterocycles. The Bertz CT molecular complexity index is 987. The number of aryl methyl sites for hydroxylation is 2. The number of hydrogen-bond acceptors (Lipinski definition) is 6. The van der Waals surface area contributed by atoms with Crippen molar-refractivity contribution in [2.45, 2.75) is 20.3 Å². The molecule has 0 bridgehead atoms. The summed E-state index contributed by atoms with van der Waals surface area (Å²) in [5.41, 5.74) is 8.00. The molecule has 1 aromatic carbocycles. The van der Waals surface area contributed by atoms with Crippen molar-refractivity contribution in [3.8, 4) is 5.75 Å². The van der Waals surface area contributed by atoms with E-state index in [1.165, 1.54) is 0 Å². The topological polar surface area (TPSA) is 98.6 Å². The Morgan fingerprint density at radius 3 is 2.85 bits per heavy atom. The van der Waals surface area contributed by atoms with E-state index < -0.39 is 0 Å². The van der Waals surface area contributed by atoms with Gasteiger partial charge in [-0.15, -0.1) is 5.10 Å². The van der Waals surface area contributed by atoms with Gasteiger partial charge in [-0.3, -0.25) is 4.79 Å². The van der Waals surface area contributed by atoms with Crippen LogP contribution in [0.25, 0.3) is 5.78 Å². The Morgan fingerprint density at radius 1 is 1.33 bits per heavy atom. The van der Waals surface area contributed by atoms with Crippen molar-refractivity contribution in [3.05, 3.63) is 46.2 Å². The molecule has 3 aromatic rings. The molecule has 1 amide bonds. The van der Waals surface area contributed by atoms with Gasteiger partial charge < -0.3 is 15.4 Å². The Balaban J connectivity index is 1.63. The summed E-state index contributed by atoms with van der Waals surface area (Å²) in [7, 11) is 1.74. The molecule has 8 nitrogen and oxygen atoms in total. The summed E-state index contributed by atoms with van der Waals surface area (Å²) < 4.78 is 7.20. The Labute approximate surface area is 161 Å². The lowest BCUT2D eigenvalue weighted by Gasteiger charge is -2.19. The molecule has 142 valence electrons. The second kappa shape index (κ2) is 7.79. The first kappa shape index (κ1) is 18.9. The van der Waals surface area contributed by atoms with Gasteiger partial charge in [-0.2, -0.15) is 9.50 Å². The van der Waals surface area contributed by atoms with Crippen LogP contribution in [0.1, 0.15) is 17.0 Å². The number of fused-ring (bicyclic) bond motifs is 1. The monoisotopic (exact) mass is 388 g/mol. The predicted molar refractivity (Wildman–Crippen MR) is 103 cm³/mol. The maximum Gasteiger partial charge on any atom is 0.254 e. The van der Waals surface area contributed by atoms with Crippen molar-refractivity contribution in [2.24, 2.45) is 0 Å². The molecule has 0 fully saturated rings. The number of benzene rings is 1. The molecule has 27 heavy (non-hydrogen) atoms. The second-order valence-electron chi connectivity index (χ2n) is 6.24. The number of halogens is 1. The minimum absolute atomic E-state index is 0.0369. The first-order chi connectivity index (χ1) is 12.8. The molecule has 0 saturated heterocycles. The number of rotatable bonds is 6. The van der Waals surface area contributed by atoms with Gasteiger partial charge in [-0.1, -0.05) is 17.7 Å². The van der Waals surface area contributed by atoms with Gasteiger partial charge in [0, 0.05) is 29.0 Å². The van der Waals surface area contributed by atoms with Gasteiger partial charge >= 0.3 is 0 Å². The zero-order valence-electron chi connectivity index (χ0n) is 15.4. The fraction of sp³-hybridized carbons (Fsp3) is 0.333. The smallest absolute Gasteiger partial charge is 0.254 e. The van der Waals surface area contributed by atoms with E-state index in [0.29, 0.717) is 29.7 Å². The molecule has 0 radical (unpaired) electrons. The van der Waals surface area contributed by atoms with Crippen molar-refractivity contribution >= 4 is 29.2 Å². The van der Waals surface area contributed by atoms with Crippen LogP contribution < -0.4 is 10.5 Å². The normalized spacial score (nSPS) is 11.0. The average molecular weight is 389 g/mol. The molecular formula is C18H21ClN6O2. The SMILES string of the molecule is Cc1nc2nc(N)nn2c(C)c1CC(=O)N(C)CCOc1cccc(Cl)c1. The van der Waals surface area contributed by atoms with Crippen molar-refractivity contribution in [3.63, 3.8) is 0 Å². The number of aromatic nitrogens is 4. The molecule has 3 rings (SSSR count). The predicted octanol–water partition coefficient (Wildman–Crippen LogP) is 2.06. The Kier molecular flexibility index (Phi) is 5.46. The molecule has 0 aliphatic carbocycles. The minimum atomic E-state index is -0.0369. The number of nitrogens with two attached hydrogens (primary N) is 1. The van der Waals surface area contributed by atoms with E-state index in [9.17, 15) is 4.79 Å². The molecule has 0 saturated carbocycles. The fourth-order valence-electron chi connectivity index (χ4n) is 2.75. The zero-order chi connectivity index (χ0) is 19.6. The molecule has 0 aliphatic rings. The molecule has 0 spiro atoms. The summed E-state index contributed by atoms with van der Waals surface area (Å²) >= 11 is 5.93. The van der Waals surface area contributed by atoms with Crippen molar-refractivity contribution in [1.29, 1.82) is 0 Å². The molecule has 2 aromatic heterocycles. The maximum absolute atomic E-state index is 12.6. The molecular weight excluding hydrogens is 368 g/mol. The summed E-state index contributed by atoms with van der Waals surface area (Å²) in [5, 5.41) is 4.73. The highest BCUT2D eigenvalue weighted by Gasteiger charge is 2.17. The highest BCUT2D eigenvalue weighted by atomic mass is 35.5. The van der Waals surface area contributed by atoms with Gasteiger partial charge in [-0.05, 0) is 32.0 Å². The van der Waals surface area contributed by atoms with Crippen LogP contribution in [0, 0.1) is 13.8 Å². The number of carbonyl (C=O) groups excluding carboxylic acids is 1. The first-order valence-corrected chi connectivity index (χ1v) is 8.83. The number of anilines is 1. The molecule has 9 heteroatoms. The summed E-state index contributed by atoms with van der Waals surface area (Å²) in [6.07, 6.45) is 0.216. The van der Waals surface area contributed by atoms with E-state index in [2.05, 4.69) is 15.1 Å². The van der Waals surface area contributed by atoms with E-state index in [1.54, 1.807) is 28.6 Å². The lowest BCUT2D eigenvalue weighted by Crippen LogP contribution is -2.32. The maximum atomic E-state index is 12.6. The number of carbonyl (C=O) groups is 1. The summed E-state index contributed by atoms with van der Waals surface area (Å²) in [5.74, 6) is 1.23. The number of likely N-dealkylation sites (N-methyl/N-ethyl adjacent to an activating group) is 1. The van der Waals surface area contributed by atoms with Crippen LogP contribution in [-0.2, 0) is 11.2 Å². The number of nitrogens with zero attached hydrogens (tertiary/aromatic N) is 5. The highest BCUT2D eigenvalue weighted by molar-refractivity contribution is 6.30. The van der Waals surface area contributed by atoms with E-state index >= 15 is 0 Å². The van der Waals surface area contributed by atoms with Crippen LogP contribution in [0.15, 0.2) is 24.3 Å². The first-order valence-electron chi connectivity index (χ1n) is 8.46. The van der Waals surface area contributed by atoms with Gasteiger partial charge in [0.25, 0.3) is 5.78 Å². The molecule has 0 unspecified atom stereocenters. The summed E-state index contributed by atoms with van der Waals surface area (Å²) in [6.45, 7) is 4.55. The van der Waals surface area contributed by atoms with Crippen LogP contribution in [0.5, 0.6) is 5.75 Å². The van der Waals surface area contributed by atoms with Gasteiger partial charge in [0.15, 0.2) is 0 Å².